The quantitative estimate of drug-likeness (QED) is 0.400. The van der Waals surface area contributed by atoms with Crippen LogP contribution in [0.15, 0.2) is 11.3 Å². The Balaban J connectivity index is 4.42. The van der Waals surface area contributed by atoms with Gasteiger partial charge in [-0.3, -0.25) is 9.05 Å². The minimum absolute atomic E-state index is 0.00758. The molecule has 0 aromatic heterocycles. The van der Waals surface area contributed by atoms with Gasteiger partial charge < -0.3 is 4.52 Å². The van der Waals surface area contributed by atoms with Crippen LogP contribution in [-0.2, 0) is 18.1 Å². The number of phosphoric ester groups is 1. The highest BCUT2D eigenvalue weighted by molar-refractivity contribution is 7.48. The fraction of sp³-hybridized carbons (Fsp3) is 0.714. The topological polar surface area (TPSA) is 44.8 Å². The van der Waals surface area contributed by atoms with Crippen LogP contribution in [0, 0.1) is 0 Å². The normalized spacial score (nSPS) is 13.0. The molecule has 4 nitrogen and oxygen atoms in total. The molecule has 84 valence electrons. The molecule has 7 heteroatoms. The van der Waals surface area contributed by atoms with Crippen molar-refractivity contribution in [2.75, 3.05) is 19.1 Å². The molecule has 0 aromatic rings. The van der Waals surface area contributed by atoms with Crippen molar-refractivity contribution in [3.8, 4) is 0 Å². The lowest BCUT2D eigenvalue weighted by atomic mass is 10.7. The van der Waals surface area contributed by atoms with E-state index in [0.717, 1.165) is 5.54 Å². The van der Waals surface area contributed by atoms with Crippen molar-refractivity contribution in [1.82, 2.24) is 0 Å². The largest absolute Gasteiger partial charge is 0.529 e. The highest BCUT2D eigenvalue weighted by Gasteiger charge is 2.27. The molecule has 0 saturated heterocycles. The molecule has 0 heterocycles. The van der Waals surface area contributed by atoms with Crippen LogP contribution < -0.4 is 0 Å². The zero-order valence-corrected chi connectivity index (χ0v) is 10.4. The molecule has 0 N–H and O–H groups in total. The Labute approximate surface area is 93.7 Å². The third-order valence-electron chi connectivity index (χ3n) is 1.06. The van der Waals surface area contributed by atoms with Crippen molar-refractivity contribution in [3.05, 3.63) is 11.3 Å². The predicted molar refractivity (Wildman–Crippen MR) is 56.6 cm³/mol. The molecule has 0 aliphatic carbocycles. The predicted octanol–water partition coefficient (Wildman–Crippen LogP) is 3.50. The van der Waals surface area contributed by atoms with Crippen LogP contribution in [0.25, 0.3) is 0 Å². The molecule has 0 aliphatic heterocycles. The first-order valence-corrected chi connectivity index (χ1v) is 6.49. The van der Waals surface area contributed by atoms with Gasteiger partial charge in [-0.1, -0.05) is 11.6 Å². The first-order chi connectivity index (χ1) is 6.61. The van der Waals surface area contributed by atoms with E-state index in [1.54, 1.807) is 13.8 Å². The van der Waals surface area contributed by atoms with Gasteiger partial charge in [0.1, 0.15) is 5.76 Å². The summed E-state index contributed by atoms with van der Waals surface area (Å²) in [6.07, 6.45) is 0. The molecule has 0 unspecified atom stereocenters. The highest BCUT2D eigenvalue weighted by atomic mass is 35.5. The van der Waals surface area contributed by atoms with Crippen LogP contribution in [-0.4, -0.2) is 19.1 Å². The minimum atomic E-state index is -3.55. The third-order valence-corrected chi connectivity index (χ3v) is 3.17. The van der Waals surface area contributed by atoms with Gasteiger partial charge in [0, 0.05) is 5.54 Å². The molecule has 0 amide bonds. The second-order valence-corrected chi connectivity index (χ2v) is 4.16. The van der Waals surface area contributed by atoms with Gasteiger partial charge in [0.15, 0.2) is 0 Å². The molecule has 0 bridgehead atoms. The Hall–Kier alpha value is 0.270. The summed E-state index contributed by atoms with van der Waals surface area (Å²) in [5.41, 5.74) is 1.09. The summed E-state index contributed by atoms with van der Waals surface area (Å²) in [5, 5.41) is 0. The molecular weight excluding hydrogens is 250 g/mol. The first kappa shape index (κ1) is 14.3. The Kier molecular flexibility index (Phi) is 7.69. The number of allylic oxidation sites excluding steroid dienone is 1. The van der Waals surface area contributed by atoms with Gasteiger partial charge in [-0.05, 0) is 13.8 Å². The average molecular weight is 263 g/mol. The van der Waals surface area contributed by atoms with Crippen LogP contribution in [0.2, 0.25) is 0 Å². The molecule has 0 spiro atoms. The lowest BCUT2D eigenvalue weighted by Crippen LogP contribution is -2.00. The summed E-state index contributed by atoms with van der Waals surface area (Å²) in [7, 11) is -3.55. The van der Waals surface area contributed by atoms with Crippen LogP contribution in [0.3, 0.4) is 0 Å². The van der Waals surface area contributed by atoms with Gasteiger partial charge in [0.25, 0.3) is 0 Å². The number of phosphoric acid groups is 1. The molecule has 0 aromatic carbocycles. The zero-order valence-electron chi connectivity index (χ0n) is 8.03. The fourth-order valence-corrected chi connectivity index (χ4v) is 2.31. The van der Waals surface area contributed by atoms with E-state index in [1.807, 2.05) is 0 Å². The maximum absolute atomic E-state index is 11.7. The molecule has 0 radical (unpaired) electrons. The average Bonchev–Trinajstić information content (AvgIpc) is 2.15. The van der Waals surface area contributed by atoms with E-state index in [0.29, 0.717) is 0 Å². The summed E-state index contributed by atoms with van der Waals surface area (Å²) < 4.78 is 26.4. The van der Waals surface area contributed by atoms with Gasteiger partial charge in [-0.15, -0.1) is 11.6 Å². The molecule has 0 aliphatic rings. The van der Waals surface area contributed by atoms with Gasteiger partial charge >= 0.3 is 7.82 Å². The Morgan fingerprint density at radius 2 is 1.86 bits per heavy atom. The summed E-state index contributed by atoms with van der Waals surface area (Å²) in [6, 6.07) is 0. The summed E-state index contributed by atoms with van der Waals surface area (Å²) in [6.45, 7) is 3.80. The zero-order chi connectivity index (χ0) is 11.0. The van der Waals surface area contributed by atoms with Crippen molar-refractivity contribution >= 4 is 31.0 Å². The van der Waals surface area contributed by atoms with Crippen molar-refractivity contribution in [1.29, 1.82) is 0 Å². The van der Waals surface area contributed by atoms with E-state index in [1.165, 1.54) is 0 Å². The number of rotatable bonds is 7. The Bertz CT molecular complexity index is 222. The summed E-state index contributed by atoms with van der Waals surface area (Å²) >= 11 is 10.8. The lowest BCUT2D eigenvalue weighted by molar-refractivity contribution is 0.146. The highest BCUT2D eigenvalue weighted by Crippen LogP contribution is 2.51. The SMILES string of the molecule is CCOP(=O)(OCC)OC(=CCl)CCl. The van der Waals surface area contributed by atoms with E-state index in [4.69, 9.17) is 36.8 Å². The van der Waals surface area contributed by atoms with Crippen LogP contribution in [0.1, 0.15) is 13.8 Å². The molecule has 0 atom stereocenters. The smallest absolute Gasteiger partial charge is 0.406 e. The van der Waals surface area contributed by atoms with Gasteiger partial charge in [0.05, 0.1) is 19.1 Å². The van der Waals surface area contributed by atoms with E-state index in [9.17, 15) is 4.57 Å². The molecule has 0 rings (SSSR count). The Morgan fingerprint density at radius 3 is 2.14 bits per heavy atom. The molecule has 0 fully saturated rings. The number of alkyl halides is 1. The summed E-state index contributed by atoms with van der Waals surface area (Å²) in [4.78, 5) is 0. The van der Waals surface area contributed by atoms with Crippen molar-refractivity contribution in [3.63, 3.8) is 0 Å². The Morgan fingerprint density at radius 1 is 1.36 bits per heavy atom. The maximum Gasteiger partial charge on any atom is 0.529 e. The number of hydrogen-bond acceptors (Lipinski definition) is 4. The monoisotopic (exact) mass is 262 g/mol. The van der Waals surface area contributed by atoms with E-state index < -0.39 is 7.82 Å². The minimum Gasteiger partial charge on any atom is -0.406 e. The maximum atomic E-state index is 11.7. The van der Waals surface area contributed by atoms with Gasteiger partial charge in [0.2, 0.25) is 0 Å². The van der Waals surface area contributed by atoms with Crippen LogP contribution in [0.4, 0.5) is 0 Å². The standard InChI is InChI=1S/C7H13Cl2O4P/c1-3-11-14(10,12-4-2)13-7(5-8)6-9/h5H,3-4,6H2,1-2H3. The third kappa shape index (κ3) is 5.23. The van der Waals surface area contributed by atoms with Crippen LogP contribution >= 0.6 is 31.0 Å². The van der Waals surface area contributed by atoms with Crippen molar-refractivity contribution in [2.24, 2.45) is 0 Å². The van der Waals surface area contributed by atoms with E-state index in [-0.39, 0.29) is 24.9 Å². The van der Waals surface area contributed by atoms with Crippen molar-refractivity contribution < 1.29 is 18.1 Å². The fourth-order valence-electron chi connectivity index (χ4n) is 0.623. The number of halogens is 2. The second-order valence-electron chi connectivity index (χ2n) is 2.08. The van der Waals surface area contributed by atoms with Crippen LogP contribution in [0.5, 0.6) is 0 Å². The second kappa shape index (κ2) is 7.55. The summed E-state index contributed by atoms with van der Waals surface area (Å²) in [5.74, 6) is 0.159. The molecular formula is C7H13Cl2O4P. The van der Waals surface area contributed by atoms with Gasteiger partial charge in [-0.25, -0.2) is 4.57 Å². The van der Waals surface area contributed by atoms with Crippen molar-refractivity contribution in [2.45, 2.75) is 13.8 Å². The van der Waals surface area contributed by atoms with E-state index >= 15 is 0 Å². The first-order valence-electron chi connectivity index (χ1n) is 4.05. The van der Waals surface area contributed by atoms with Gasteiger partial charge in [-0.2, -0.15) is 0 Å². The molecule has 0 saturated carbocycles. The number of hydrogen-bond donors (Lipinski definition) is 0. The van der Waals surface area contributed by atoms with E-state index in [2.05, 4.69) is 0 Å². The lowest BCUT2D eigenvalue weighted by Gasteiger charge is -2.17. The molecule has 14 heavy (non-hydrogen) atoms.